The predicted octanol–water partition coefficient (Wildman–Crippen LogP) is 2.20. The van der Waals surface area contributed by atoms with Crippen molar-refractivity contribution >= 4 is 35.1 Å². The highest BCUT2D eigenvalue weighted by Gasteiger charge is 2.39. The summed E-state index contributed by atoms with van der Waals surface area (Å²) in [6.45, 7) is 5.95. The zero-order valence-corrected chi connectivity index (χ0v) is 27.0. The molecule has 4 aliphatic rings. The molecule has 0 radical (unpaired) electrons. The van der Waals surface area contributed by atoms with Crippen molar-refractivity contribution in [3.63, 3.8) is 0 Å². The summed E-state index contributed by atoms with van der Waals surface area (Å²) in [5, 5.41) is 8.36. The van der Waals surface area contributed by atoms with Crippen LogP contribution in [0.3, 0.4) is 0 Å². The van der Waals surface area contributed by atoms with E-state index in [2.05, 4.69) is 16.0 Å². The first-order valence-electron chi connectivity index (χ1n) is 16.2. The zero-order valence-electron chi connectivity index (χ0n) is 27.0. The van der Waals surface area contributed by atoms with Gasteiger partial charge in [0.1, 0.15) is 35.7 Å². The maximum atomic E-state index is 13.9. The van der Waals surface area contributed by atoms with Gasteiger partial charge in [-0.2, -0.15) is 0 Å². The fourth-order valence-corrected chi connectivity index (χ4v) is 6.20. The molecule has 250 valence electrons. The Labute approximate surface area is 273 Å². The lowest BCUT2D eigenvalue weighted by Gasteiger charge is -2.32. The summed E-state index contributed by atoms with van der Waals surface area (Å²) >= 11 is 0. The van der Waals surface area contributed by atoms with E-state index in [0.29, 0.717) is 44.6 Å². The molecule has 5 amide bonds. The Morgan fingerprint density at radius 3 is 2.32 bits per heavy atom. The molecule has 3 N–H and O–H groups in total. The van der Waals surface area contributed by atoms with Crippen LogP contribution >= 0.6 is 0 Å². The molecule has 6 rings (SSSR count). The van der Waals surface area contributed by atoms with Gasteiger partial charge in [0.15, 0.2) is 6.61 Å². The smallest absolute Gasteiger partial charge is 0.258 e. The van der Waals surface area contributed by atoms with Crippen LogP contribution in [0.15, 0.2) is 54.6 Å². The summed E-state index contributed by atoms with van der Waals surface area (Å²) in [5.41, 5.74) is 2.66. The van der Waals surface area contributed by atoms with E-state index in [4.69, 9.17) is 4.74 Å². The third-order valence-corrected chi connectivity index (χ3v) is 8.92. The predicted molar refractivity (Wildman–Crippen MR) is 172 cm³/mol. The van der Waals surface area contributed by atoms with Gasteiger partial charge in [0.25, 0.3) is 5.91 Å². The first kappa shape index (κ1) is 33.6. The number of rotatable bonds is 3. The maximum absolute atomic E-state index is 13.9. The largest absolute Gasteiger partial charge is 0.484 e. The summed E-state index contributed by atoms with van der Waals surface area (Å²) in [7, 11) is 0. The Balaban J connectivity index is 1.37. The van der Waals surface area contributed by atoms with Crippen molar-refractivity contribution in [1.29, 1.82) is 0 Å². The van der Waals surface area contributed by atoms with Crippen molar-refractivity contribution in [3.8, 4) is 5.75 Å². The number of amides is 5. The second kappa shape index (κ2) is 14.8. The van der Waals surface area contributed by atoms with Gasteiger partial charge in [-0.1, -0.05) is 44.2 Å². The van der Waals surface area contributed by atoms with Crippen molar-refractivity contribution in [2.75, 3.05) is 26.2 Å². The van der Waals surface area contributed by atoms with Gasteiger partial charge in [-0.25, -0.2) is 4.39 Å². The number of hydrogen-bond acceptors (Lipinski definition) is 6. The second-order valence-electron chi connectivity index (χ2n) is 12.7. The molecule has 2 aromatic rings. The van der Waals surface area contributed by atoms with E-state index in [-0.39, 0.29) is 36.6 Å². The second-order valence-corrected chi connectivity index (χ2v) is 12.7. The molecule has 4 heterocycles. The highest BCUT2D eigenvalue weighted by atomic mass is 19.1. The van der Waals surface area contributed by atoms with Crippen LogP contribution in [0.5, 0.6) is 5.75 Å². The number of fused-ring (bicyclic) bond motifs is 13. The molecule has 0 aromatic heterocycles. The Morgan fingerprint density at radius 1 is 0.936 bits per heavy atom. The number of carbonyl (C=O) groups excluding carboxylic acids is 5. The number of nitrogens with zero attached hydrogens (tertiary/aromatic N) is 2. The zero-order chi connectivity index (χ0) is 33.7. The SMILES string of the molecule is CC(C)[C@@H]1NC(=O)COc2ccc(cc2)C[C@@H](C(=O)N2CC=C(c3ccc(F)cc3)CC2)NC(=O)[C@H](C)NC(=O)[C@H]2CCCN2C1=O. The Hall–Kier alpha value is -4.74. The molecule has 0 aliphatic carbocycles. The quantitative estimate of drug-likeness (QED) is 0.468. The summed E-state index contributed by atoms with van der Waals surface area (Å²) in [4.78, 5) is 70.2. The van der Waals surface area contributed by atoms with Crippen molar-refractivity contribution < 1.29 is 33.1 Å². The normalized spacial score (nSPS) is 24.7. The monoisotopic (exact) mass is 647 g/mol. The van der Waals surface area contributed by atoms with E-state index in [0.717, 1.165) is 16.7 Å². The molecular formula is C35H42FN5O6. The van der Waals surface area contributed by atoms with Crippen LogP contribution in [-0.4, -0.2) is 89.7 Å². The summed E-state index contributed by atoms with van der Waals surface area (Å²) in [6, 6.07) is 9.56. The highest BCUT2D eigenvalue weighted by molar-refractivity contribution is 5.96. The molecule has 2 aromatic carbocycles. The van der Waals surface area contributed by atoms with Gasteiger partial charge in [-0.05, 0) is 73.1 Å². The molecule has 1 saturated heterocycles. The van der Waals surface area contributed by atoms with Crippen LogP contribution in [0.1, 0.15) is 51.2 Å². The van der Waals surface area contributed by atoms with E-state index in [1.165, 1.54) is 17.0 Å². The maximum Gasteiger partial charge on any atom is 0.258 e. The molecule has 47 heavy (non-hydrogen) atoms. The topological polar surface area (TPSA) is 137 Å². The minimum Gasteiger partial charge on any atom is -0.484 e. The van der Waals surface area contributed by atoms with Crippen molar-refractivity contribution in [2.45, 2.75) is 70.6 Å². The average Bonchev–Trinajstić information content (AvgIpc) is 3.56. The molecule has 1 fully saturated rings. The van der Waals surface area contributed by atoms with Gasteiger partial charge in [0.05, 0.1) is 0 Å². The fourth-order valence-electron chi connectivity index (χ4n) is 6.20. The molecule has 2 bridgehead atoms. The average molecular weight is 648 g/mol. The Morgan fingerprint density at radius 2 is 1.66 bits per heavy atom. The minimum absolute atomic E-state index is 0.179. The van der Waals surface area contributed by atoms with Gasteiger partial charge in [-0.3, -0.25) is 24.0 Å². The number of hydrogen-bond donors (Lipinski definition) is 3. The molecule has 12 heteroatoms. The van der Waals surface area contributed by atoms with Crippen molar-refractivity contribution in [1.82, 2.24) is 25.8 Å². The number of halogens is 1. The molecule has 4 atom stereocenters. The Kier molecular flexibility index (Phi) is 10.6. The number of benzene rings is 2. The minimum atomic E-state index is -0.986. The van der Waals surface area contributed by atoms with Crippen LogP contribution in [0, 0.1) is 11.7 Å². The number of ether oxygens (including phenoxy) is 1. The van der Waals surface area contributed by atoms with Crippen molar-refractivity contribution in [2.24, 2.45) is 5.92 Å². The van der Waals surface area contributed by atoms with Gasteiger partial charge >= 0.3 is 0 Å². The number of nitrogens with one attached hydrogen (secondary N) is 3. The molecule has 0 unspecified atom stereocenters. The van der Waals surface area contributed by atoms with E-state index in [1.807, 2.05) is 19.9 Å². The van der Waals surface area contributed by atoms with Gasteiger partial charge in [-0.15, -0.1) is 0 Å². The van der Waals surface area contributed by atoms with Crippen LogP contribution < -0.4 is 20.7 Å². The first-order valence-corrected chi connectivity index (χ1v) is 16.2. The van der Waals surface area contributed by atoms with E-state index in [9.17, 15) is 28.4 Å². The first-order chi connectivity index (χ1) is 22.5. The van der Waals surface area contributed by atoms with Crippen LogP contribution in [-0.2, 0) is 30.4 Å². The fraction of sp³-hybridized carbons (Fsp3) is 0.457. The highest BCUT2D eigenvalue weighted by Crippen LogP contribution is 2.24. The molecule has 0 saturated carbocycles. The summed E-state index contributed by atoms with van der Waals surface area (Å²) in [5.74, 6) is -2.24. The summed E-state index contributed by atoms with van der Waals surface area (Å²) in [6.07, 6.45) is 3.71. The van der Waals surface area contributed by atoms with E-state index >= 15 is 0 Å². The van der Waals surface area contributed by atoms with E-state index in [1.54, 1.807) is 48.2 Å². The van der Waals surface area contributed by atoms with Crippen LogP contribution in [0.2, 0.25) is 0 Å². The van der Waals surface area contributed by atoms with Gasteiger partial charge in [0, 0.05) is 26.1 Å². The van der Waals surface area contributed by atoms with Crippen molar-refractivity contribution in [3.05, 3.63) is 71.6 Å². The van der Waals surface area contributed by atoms with Crippen LogP contribution in [0.4, 0.5) is 4.39 Å². The van der Waals surface area contributed by atoms with Crippen LogP contribution in [0.25, 0.3) is 5.57 Å². The lowest BCUT2D eigenvalue weighted by molar-refractivity contribution is -0.143. The molecule has 4 aliphatic heterocycles. The number of carbonyl (C=O) groups is 5. The molecular weight excluding hydrogens is 605 g/mol. The standard InChI is InChI=1S/C35H42FN5O6/c1-21(2)31-35(46)41-16-4-5-29(41)33(44)37-22(3)32(43)38-28(19-23-6-12-27(13-7-23)47-20-30(42)39-31)34(45)40-17-14-25(15-18-40)24-8-10-26(36)11-9-24/h6-14,21-22,28-29,31H,4-5,15-20H2,1-3H3,(H,37,44)(H,38,43)(H,39,42)/t22-,28-,29+,31-/m0/s1. The van der Waals surface area contributed by atoms with Gasteiger partial charge in [0.2, 0.25) is 23.6 Å². The Bertz CT molecular complexity index is 1530. The summed E-state index contributed by atoms with van der Waals surface area (Å²) < 4.78 is 19.1. The van der Waals surface area contributed by atoms with Gasteiger partial charge < -0.3 is 30.5 Å². The lowest BCUT2D eigenvalue weighted by atomic mass is 9.98. The molecule has 0 spiro atoms. The lowest BCUT2D eigenvalue weighted by Crippen LogP contribution is -2.58. The van der Waals surface area contributed by atoms with E-state index < -0.39 is 41.9 Å². The third-order valence-electron chi connectivity index (χ3n) is 8.92. The molecule has 11 nitrogen and oxygen atoms in total. The third kappa shape index (κ3) is 8.16.